The van der Waals surface area contributed by atoms with E-state index in [9.17, 15) is 0 Å². The molecule has 20 heavy (non-hydrogen) atoms. The molecule has 1 aliphatic carbocycles. The summed E-state index contributed by atoms with van der Waals surface area (Å²) in [7, 11) is 0. The standard InChI is InChI=1S/C17H26N2O/c1-2-14-12-19(9-10-20-14)17(11-18)16-6-4-3-5-15(16)13-7-8-13/h3-6,13-14,17H,2,7-12,18H2,1H3. The van der Waals surface area contributed by atoms with Crippen LogP contribution in [0, 0.1) is 0 Å². The molecule has 1 saturated carbocycles. The van der Waals surface area contributed by atoms with E-state index in [1.165, 1.54) is 24.0 Å². The third-order valence-corrected chi connectivity index (χ3v) is 4.66. The third kappa shape index (κ3) is 2.90. The van der Waals surface area contributed by atoms with Gasteiger partial charge in [0.1, 0.15) is 0 Å². The molecule has 1 heterocycles. The molecule has 2 unspecified atom stereocenters. The number of nitrogens with zero attached hydrogens (tertiary/aromatic N) is 1. The fourth-order valence-corrected chi connectivity index (χ4v) is 3.33. The van der Waals surface area contributed by atoms with Crippen molar-refractivity contribution in [3.63, 3.8) is 0 Å². The van der Waals surface area contributed by atoms with Gasteiger partial charge in [-0.05, 0) is 36.3 Å². The second-order valence-electron chi connectivity index (χ2n) is 6.05. The zero-order valence-corrected chi connectivity index (χ0v) is 12.4. The second-order valence-corrected chi connectivity index (χ2v) is 6.05. The van der Waals surface area contributed by atoms with Gasteiger partial charge >= 0.3 is 0 Å². The summed E-state index contributed by atoms with van der Waals surface area (Å²) in [5.74, 6) is 0.781. The van der Waals surface area contributed by atoms with Gasteiger partial charge in [-0.15, -0.1) is 0 Å². The summed E-state index contributed by atoms with van der Waals surface area (Å²) >= 11 is 0. The van der Waals surface area contributed by atoms with Gasteiger partial charge in [0.25, 0.3) is 0 Å². The maximum Gasteiger partial charge on any atom is 0.0700 e. The van der Waals surface area contributed by atoms with Gasteiger partial charge in [-0.25, -0.2) is 0 Å². The summed E-state index contributed by atoms with van der Waals surface area (Å²) in [6, 6.07) is 9.25. The lowest BCUT2D eigenvalue weighted by Gasteiger charge is -2.38. The molecule has 2 fully saturated rings. The summed E-state index contributed by atoms with van der Waals surface area (Å²) in [6.45, 7) is 5.74. The predicted molar refractivity (Wildman–Crippen MR) is 81.8 cm³/mol. The predicted octanol–water partition coefficient (Wildman–Crippen LogP) is 2.67. The molecule has 3 heteroatoms. The lowest BCUT2D eigenvalue weighted by atomic mass is 9.95. The van der Waals surface area contributed by atoms with Gasteiger partial charge in [0.2, 0.25) is 0 Å². The molecular weight excluding hydrogens is 248 g/mol. The largest absolute Gasteiger partial charge is 0.376 e. The summed E-state index contributed by atoms with van der Waals surface area (Å²) < 4.78 is 5.80. The number of rotatable bonds is 5. The Balaban J connectivity index is 1.82. The normalized spacial score (nSPS) is 25.6. The molecule has 0 radical (unpaired) electrons. The highest BCUT2D eigenvalue weighted by Crippen LogP contribution is 2.43. The van der Waals surface area contributed by atoms with E-state index in [0.29, 0.717) is 18.7 Å². The molecule has 110 valence electrons. The minimum absolute atomic E-state index is 0.352. The van der Waals surface area contributed by atoms with Crippen LogP contribution < -0.4 is 5.73 Å². The van der Waals surface area contributed by atoms with E-state index in [1.54, 1.807) is 0 Å². The average Bonchev–Trinajstić information content (AvgIpc) is 3.33. The molecule has 3 nitrogen and oxygen atoms in total. The maximum atomic E-state index is 6.13. The van der Waals surface area contributed by atoms with Gasteiger partial charge in [0.05, 0.1) is 12.7 Å². The second kappa shape index (κ2) is 6.25. The first kappa shape index (κ1) is 14.1. The number of morpholine rings is 1. The van der Waals surface area contributed by atoms with Crippen molar-refractivity contribution in [1.82, 2.24) is 4.90 Å². The first-order valence-electron chi connectivity index (χ1n) is 7.98. The van der Waals surface area contributed by atoms with Crippen molar-refractivity contribution in [3.8, 4) is 0 Å². The molecule has 3 rings (SSSR count). The number of ether oxygens (including phenoxy) is 1. The molecule has 2 aliphatic rings. The summed E-state index contributed by atoms with van der Waals surface area (Å²) in [5.41, 5.74) is 9.11. The van der Waals surface area contributed by atoms with Crippen LogP contribution >= 0.6 is 0 Å². The Labute approximate surface area is 122 Å². The van der Waals surface area contributed by atoms with Gasteiger partial charge in [0, 0.05) is 25.7 Å². The average molecular weight is 274 g/mol. The van der Waals surface area contributed by atoms with Gasteiger partial charge < -0.3 is 10.5 Å². The van der Waals surface area contributed by atoms with Crippen molar-refractivity contribution < 1.29 is 4.74 Å². The third-order valence-electron chi connectivity index (χ3n) is 4.66. The Hall–Kier alpha value is -0.900. The summed E-state index contributed by atoms with van der Waals surface area (Å²) in [5, 5.41) is 0. The Morgan fingerprint density at radius 1 is 1.35 bits per heavy atom. The molecular formula is C17H26N2O. The van der Waals surface area contributed by atoms with Gasteiger partial charge in [-0.3, -0.25) is 4.90 Å². The molecule has 0 bridgehead atoms. The highest BCUT2D eigenvalue weighted by atomic mass is 16.5. The fourth-order valence-electron chi connectivity index (χ4n) is 3.33. The minimum Gasteiger partial charge on any atom is -0.376 e. The van der Waals surface area contributed by atoms with E-state index in [4.69, 9.17) is 10.5 Å². The van der Waals surface area contributed by atoms with Crippen LogP contribution in [0.3, 0.4) is 0 Å². The smallest absolute Gasteiger partial charge is 0.0700 e. The van der Waals surface area contributed by atoms with E-state index in [0.717, 1.165) is 32.0 Å². The van der Waals surface area contributed by atoms with Crippen molar-refractivity contribution in [2.24, 2.45) is 5.73 Å². The molecule has 1 aromatic carbocycles. The van der Waals surface area contributed by atoms with E-state index >= 15 is 0 Å². The van der Waals surface area contributed by atoms with Crippen molar-refractivity contribution in [1.29, 1.82) is 0 Å². The maximum absolute atomic E-state index is 6.13. The lowest BCUT2D eigenvalue weighted by Crippen LogP contribution is -2.46. The molecule has 1 saturated heterocycles. The minimum atomic E-state index is 0.352. The van der Waals surface area contributed by atoms with Crippen molar-refractivity contribution in [3.05, 3.63) is 35.4 Å². The molecule has 1 aromatic rings. The number of benzene rings is 1. The van der Waals surface area contributed by atoms with Crippen LogP contribution in [0.15, 0.2) is 24.3 Å². The monoisotopic (exact) mass is 274 g/mol. The zero-order valence-electron chi connectivity index (χ0n) is 12.4. The van der Waals surface area contributed by atoms with E-state index in [2.05, 4.69) is 36.1 Å². The Kier molecular flexibility index (Phi) is 4.39. The Morgan fingerprint density at radius 3 is 2.85 bits per heavy atom. The number of nitrogens with two attached hydrogens (primary N) is 1. The number of hydrogen-bond donors (Lipinski definition) is 1. The summed E-state index contributed by atoms with van der Waals surface area (Å²) in [6.07, 6.45) is 4.13. The van der Waals surface area contributed by atoms with Crippen LogP contribution in [0.4, 0.5) is 0 Å². The van der Waals surface area contributed by atoms with E-state index < -0.39 is 0 Å². The van der Waals surface area contributed by atoms with Crippen LogP contribution in [0.5, 0.6) is 0 Å². The lowest BCUT2D eigenvalue weighted by molar-refractivity contribution is -0.0438. The molecule has 0 amide bonds. The van der Waals surface area contributed by atoms with Crippen molar-refractivity contribution in [2.75, 3.05) is 26.2 Å². The van der Waals surface area contributed by atoms with Crippen LogP contribution in [-0.4, -0.2) is 37.2 Å². The quantitative estimate of drug-likeness (QED) is 0.897. The first-order valence-corrected chi connectivity index (χ1v) is 7.98. The van der Waals surface area contributed by atoms with E-state index in [-0.39, 0.29) is 0 Å². The SMILES string of the molecule is CCC1CN(C(CN)c2ccccc2C2CC2)CCO1. The van der Waals surface area contributed by atoms with Gasteiger partial charge in [-0.2, -0.15) is 0 Å². The van der Waals surface area contributed by atoms with Crippen molar-refractivity contribution >= 4 is 0 Å². The Bertz CT molecular complexity index is 444. The van der Waals surface area contributed by atoms with Gasteiger partial charge in [-0.1, -0.05) is 31.2 Å². The Morgan fingerprint density at radius 2 is 2.15 bits per heavy atom. The fraction of sp³-hybridized carbons (Fsp3) is 0.647. The van der Waals surface area contributed by atoms with Crippen LogP contribution in [0.25, 0.3) is 0 Å². The number of hydrogen-bond acceptors (Lipinski definition) is 3. The highest BCUT2D eigenvalue weighted by molar-refractivity contribution is 5.36. The molecule has 2 atom stereocenters. The van der Waals surface area contributed by atoms with Crippen LogP contribution in [0.1, 0.15) is 49.3 Å². The molecule has 0 aromatic heterocycles. The van der Waals surface area contributed by atoms with Crippen LogP contribution in [-0.2, 0) is 4.74 Å². The van der Waals surface area contributed by atoms with Crippen LogP contribution in [0.2, 0.25) is 0 Å². The first-order chi connectivity index (χ1) is 9.83. The molecule has 1 aliphatic heterocycles. The van der Waals surface area contributed by atoms with Crippen molar-refractivity contribution in [2.45, 2.75) is 44.2 Å². The summed E-state index contributed by atoms with van der Waals surface area (Å²) in [4.78, 5) is 2.53. The van der Waals surface area contributed by atoms with Gasteiger partial charge in [0.15, 0.2) is 0 Å². The highest BCUT2D eigenvalue weighted by Gasteiger charge is 2.31. The topological polar surface area (TPSA) is 38.5 Å². The molecule has 0 spiro atoms. The molecule has 2 N–H and O–H groups in total. The zero-order chi connectivity index (χ0) is 13.9. The van der Waals surface area contributed by atoms with E-state index in [1.807, 2.05) is 0 Å².